The summed E-state index contributed by atoms with van der Waals surface area (Å²) >= 11 is 7.80. The fraction of sp³-hybridized carbons (Fsp3) is 0.0909. The van der Waals surface area contributed by atoms with Gasteiger partial charge >= 0.3 is 0 Å². The topological polar surface area (TPSA) is 71.5 Å². The lowest BCUT2D eigenvalue weighted by Gasteiger charge is -2.13. The summed E-state index contributed by atoms with van der Waals surface area (Å²) in [6.45, 7) is 0.308. The summed E-state index contributed by atoms with van der Waals surface area (Å²) in [5.74, 6) is 0.0691. The largest absolute Gasteiger partial charge is 0.489 e. The van der Waals surface area contributed by atoms with E-state index in [0.717, 1.165) is 11.1 Å². The van der Waals surface area contributed by atoms with Gasteiger partial charge in [0, 0.05) is 11.6 Å². The van der Waals surface area contributed by atoms with Crippen LogP contribution in [0.4, 0.5) is 5.13 Å². The minimum Gasteiger partial charge on any atom is -0.489 e. The molecule has 2 heterocycles. The van der Waals surface area contributed by atoms with Gasteiger partial charge in [-0.05, 0) is 29.3 Å². The van der Waals surface area contributed by atoms with Crippen LogP contribution in [0.25, 0.3) is 6.08 Å². The molecule has 3 aromatic rings. The van der Waals surface area contributed by atoms with E-state index >= 15 is 0 Å². The van der Waals surface area contributed by atoms with Crippen molar-refractivity contribution in [2.75, 3.05) is 11.9 Å². The Labute approximate surface area is 192 Å². The van der Waals surface area contributed by atoms with E-state index in [1.165, 1.54) is 28.0 Å². The van der Waals surface area contributed by atoms with E-state index in [4.69, 9.17) is 17.0 Å². The molecule has 0 bridgehead atoms. The SMILES string of the molecule is O=C(CN1C(=O)/C(=C/c2cccc(OCc3ccccc3)c2)SC1=S)Nc1nccs1. The molecule has 31 heavy (non-hydrogen) atoms. The second kappa shape index (κ2) is 9.86. The lowest BCUT2D eigenvalue weighted by Crippen LogP contribution is -2.36. The van der Waals surface area contributed by atoms with Crippen molar-refractivity contribution < 1.29 is 14.3 Å². The normalized spacial score (nSPS) is 14.8. The molecular formula is C22H17N3O3S3. The number of ether oxygens (including phenoxy) is 1. The summed E-state index contributed by atoms with van der Waals surface area (Å²) in [5, 5.41) is 4.90. The summed E-state index contributed by atoms with van der Waals surface area (Å²) in [6.07, 6.45) is 3.35. The average Bonchev–Trinajstić information content (AvgIpc) is 3.37. The fourth-order valence-electron chi connectivity index (χ4n) is 2.81. The zero-order chi connectivity index (χ0) is 21.6. The quantitative estimate of drug-likeness (QED) is 0.406. The van der Waals surface area contributed by atoms with Crippen LogP contribution < -0.4 is 10.1 Å². The van der Waals surface area contributed by atoms with Crippen molar-refractivity contribution in [1.82, 2.24) is 9.88 Å². The van der Waals surface area contributed by atoms with Crippen LogP contribution in [0.1, 0.15) is 11.1 Å². The summed E-state index contributed by atoms with van der Waals surface area (Å²) in [7, 11) is 0. The third-order valence-corrected chi connectivity index (χ3v) is 6.32. The van der Waals surface area contributed by atoms with Crippen molar-refractivity contribution in [2.45, 2.75) is 6.61 Å². The predicted octanol–water partition coefficient (Wildman–Crippen LogP) is 4.56. The number of anilines is 1. The highest BCUT2D eigenvalue weighted by molar-refractivity contribution is 8.26. The number of nitrogens with one attached hydrogen (secondary N) is 1. The highest BCUT2D eigenvalue weighted by Gasteiger charge is 2.33. The molecule has 0 saturated carbocycles. The minimum atomic E-state index is -0.344. The van der Waals surface area contributed by atoms with Crippen LogP contribution >= 0.6 is 35.3 Å². The number of amides is 2. The Morgan fingerprint density at radius 1 is 1.19 bits per heavy atom. The lowest BCUT2D eigenvalue weighted by atomic mass is 10.2. The van der Waals surface area contributed by atoms with Crippen molar-refractivity contribution >= 4 is 62.7 Å². The zero-order valence-electron chi connectivity index (χ0n) is 16.2. The van der Waals surface area contributed by atoms with Crippen LogP contribution in [0.2, 0.25) is 0 Å². The molecule has 0 unspecified atom stereocenters. The van der Waals surface area contributed by atoms with Crippen molar-refractivity contribution in [3.8, 4) is 5.75 Å². The Kier molecular flexibility index (Phi) is 6.76. The van der Waals surface area contributed by atoms with Crippen LogP contribution in [0, 0.1) is 0 Å². The number of thiazole rings is 1. The number of carbonyl (C=O) groups excluding carboxylic acids is 2. The van der Waals surface area contributed by atoms with Crippen molar-refractivity contribution in [3.63, 3.8) is 0 Å². The molecule has 9 heteroatoms. The van der Waals surface area contributed by atoms with Gasteiger partial charge in [0.25, 0.3) is 5.91 Å². The fourth-order valence-corrected chi connectivity index (χ4v) is 4.61. The van der Waals surface area contributed by atoms with Gasteiger partial charge < -0.3 is 10.1 Å². The highest BCUT2D eigenvalue weighted by atomic mass is 32.2. The number of thiocarbonyl (C=S) groups is 1. The zero-order valence-corrected chi connectivity index (χ0v) is 18.6. The molecule has 0 radical (unpaired) electrons. The summed E-state index contributed by atoms with van der Waals surface area (Å²) in [4.78, 5) is 30.8. The van der Waals surface area contributed by atoms with E-state index in [9.17, 15) is 9.59 Å². The first-order chi connectivity index (χ1) is 15.1. The summed E-state index contributed by atoms with van der Waals surface area (Å²) in [5.41, 5.74) is 1.89. The Bertz CT molecular complexity index is 1130. The number of hydrogen-bond acceptors (Lipinski definition) is 7. The van der Waals surface area contributed by atoms with Crippen LogP contribution in [-0.2, 0) is 16.2 Å². The second-order valence-electron chi connectivity index (χ2n) is 6.50. The number of carbonyl (C=O) groups is 2. The van der Waals surface area contributed by atoms with Gasteiger partial charge in [-0.25, -0.2) is 4.98 Å². The van der Waals surface area contributed by atoms with E-state index in [1.54, 1.807) is 17.7 Å². The monoisotopic (exact) mass is 467 g/mol. The van der Waals surface area contributed by atoms with Gasteiger partial charge in [0.15, 0.2) is 5.13 Å². The smallest absolute Gasteiger partial charge is 0.266 e. The van der Waals surface area contributed by atoms with Gasteiger partial charge in [0.2, 0.25) is 5.91 Å². The number of thioether (sulfide) groups is 1. The third kappa shape index (κ3) is 5.57. The molecule has 0 atom stereocenters. The molecule has 6 nitrogen and oxygen atoms in total. The minimum absolute atomic E-state index is 0.151. The molecule has 4 rings (SSSR count). The molecule has 1 aliphatic rings. The Morgan fingerprint density at radius 2 is 2.03 bits per heavy atom. The average molecular weight is 468 g/mol. The molecule has 1 aromatic heterocycles. The molecule has 156 valence electrons. The second-order valence-corrected chi connectivity index (χ2v) is 9.07. The first-order valence-electron chi connectivity index (χ1n) is 9.30. The maximum atomic E-state index is 12.8. The van der Waals surface area contributed by atoms with Crippen LogP contribution in [0.15, 0.2) is 71.1 Å². The summed E-state index contributed by atoms with van der Waals surface area (Å²) < 4.78 is 6.20. The predicted molar refractivity (Wildman–Crippen MR) is 128 cm³/mol. The molecule has 1 N–H and O–H groups in total. The Balaban J connectivity index is 1.41. The molecule has 2 aromatic carbocycles. The number of hydrogen-bond donors (Lipinski definition) is 1. The first kappa shape index (κ1) is 21.2. The third-order valence-electron chi connectivity index (χ3n) is 4.26. The van der Waals surface area contributed by atoms with Crippen molar-refractivity contribution in [3.05, 3.63) is 82.2 Å². The van der Waals surface area contributed by atoms with E-state index < -0.39 is 0 Å². The van der Waals surface area contributed by atoms with E-state index in [2.05, 4.69) is 10.3 Å². The van der Waals surface area contributed by atoms with Gasteiger partial charge in [-0.2, -0.15) is 0 Å². The van der Waals surface area contributed by atoms with E-state index in [0.29, 0.717) is 26.7 Å². The standard InChI is InChI=1S/C22H17N3O3S3/c26-19(24-21-23-9-10-30-21)13-25-20(27)18(31-22(25)29)12-16-7-4-8-17(11-16)28-14-15-5-2-1-3-6-15/h1-12H,13-14H2,(H,23,24,26)/b18-12-. The van der Waals surface area contributed by atoms with E-state index in [1.807, 2.05) is 54.6 Å². The number of nitrogens with zero attached hydrogens (tertiary/aromatic N) is 2. The first-order valence-corrected chi connectivity index (χ1v) is 11.4. The van der Waals surface area contributed by atoms with Crippen LogP contribution in [0.3, 0.4) is 0 Å². The maximum absolute atomic E-state index is 12.8. The van der Waals surface area contributed by atoms with Gasteiger partial charge in [-0.1, -0.05) is 66.4 Å². The van der Waals surface area contributed by atoms with Gasteiger partial charge in [0.1, 0.15) is 23.2 Å². The van der Waals surface area contributed by atoms with Gasteiger partial charge in [0.05, 0.1) is 4.91 Å². The molecule has 1 fully saturated rings. The maximum Gasteiger partial charge on any atom is 0.266 e. The van der Waals surface area contributed by atoms with Crippen LogP contribution in [0.5, 0.6) is 5.75 Å². The van der Waals surface area contributed by atoms with Crippen molar-refractivity contribution in [1.29, 1.82) is 0 Å². The number of benzene rings is 2. The molecular weight excluding hydrogens is 450 g/mol. The van der Waals surface area contributed by atoms with Gasteiger partial charge in [-0.3, -0.25) is 14.5 Å². The number of rotatable bonds is 7. The van der Waals surface area contributed by atoms with E-state index in [-0.39, 0.29) is 18.4 Å². The molecule has 1 saturated heterocycles. The highest BCUT2D eigenvalue weighted by Crippen LogP contribution is 2.33. The summed E-state index contributed by atoms with van der Waals surface area (Å²) in [6, 6.07) is 17.4. The number of aromatic nitrogens is 1. The van der Waals surface area contributed by atoms with Crippen LogP contribution in [-0.4, -0.2) is 32.6 Å². The van der Waals surface area contributed by atoms with Crippen molar-refractivity contribution in [2.24, 2.45) is 0 Å². The molecule has 0 aliphatic carbocycles. The lowest BCUT2D eigenvalue weighted by molar-refractivity contribution is -0.126. The molecule has 0 spiro atoms. The van der Waals surface area contributed by atoms with Gasteiger partial charge in [-0.15, -0.1) is 11.3 Å². The Hall–Kier alpha value is -3.01. The molecule has 2 amide bonds. The molecule has 1 aliphatic heterocycles. The Morgan fingerprint density at radius 3 is 2.81 bits per heavy atom.